The Labute approximate surface area is 200 Å². The zero-order valence-electron chi connectivity index (χ0n) is 19.1. The molecule has 0 spiro atoms. The number of unbranched alkanes of at least 4 members (excludes halogenated alkanes) is 7. The number of nitrogens with one attached hydrogen (secondary N) is 2. The summed E-state index contributed by atoms with van der Waals surface area (Å²) in [7, 11) is 1.57. The number of H-pyrrole nitrogens is 1. The minimum atomic E-state index is -0.515. The number of imidazole rings is 1. The molecule has 0 atom stereocenters. The lowest BCUT2D eigenvalue weighted by Crippen LogP contribution is -2.29. The quantitative estimate of drug-likeness (QED) is 0.185. The molecule has 3 aromatic rings. The summed E-state index contributed by atoms with van der Waals surface area (Å²) in [4.78, 5) is 31.4. The number of fused-ring (bicyclic) bond motifs is 1. The van der Waals surface area contributed by atoms with Crippen LogP contribution in [0.4, 0.5) is 5.95 Å². The number of hydrazone groups is 1. The van der Waals surface area contributed by atoms with Crippen molar-refractivity contribution < 1.29 is 5.11 Å². The van der Waals surface area contributed by atoms with Gasteiger partial charge < -0.3 is 9.67 Å². The molecule has 0 unspecified atom stereocenters. The van der Waals surface area contributed by atoms with Crippen LogP contribution in [0.1, 0.15) is 63.9 Å². The van der Waals surface area contributed by atoms with Gasteiger partial charge in [0.2, 0.25) is 5.95 Å². The fourth-order valence-electron chi connectivity index (χ4n) is 3.73. The van der Waals surface area contributed by atoms with Gasteiger partial charge in [0.15, 0.2) is 11.2 Å². The highest BCUT2D eigenvalue weighted by Gasteiger charge is 2.17. The first-order valence-electron chi connectivity index (χ1n) is 11.4. The Morgan fingerprint density at radius 1 is 1.15 bits per heavy atom. The van der Waals surface area contributed by atoms with E-state index in [1.54, 1.807) is 29.8 Å². The molecule has 178 valence electrons. The maximum atomic E-state index is 12.6. The van der Waals surface area contributed by atoms with Gasteiger partial charge in [-0.2, -0.15) is 10.1 Å². The summed E-state index contributed by atoms with van der Waals surface area (Å²) in [5.41, 5.74) is 3.04. The lowest BCUT2D eigenvalue weighted by Gasteiger charge is -2.08. The van der Waals surface area contributed by atoms with Gasteiger partial charge in [0.1, 0.15) is 5.75 Å². The maximum Gasteiger partial charge on any atom is 0.329 e. The van der Waals surface area contributed by atoms with Crippen LogP contribution in [0.5, 0.6) is 5.75 Å². The van der Waals surface area contributed by atoms with E-state index in [2.05, 4.69) is 43.3 Å². The fourth-order valence-corrected chi connectivity index (χ4v) is 4.11. The highest BCUT2D eigenvalue weighted by Crippen LogP contribution is 2.21. The second kappa shape index (κ2) is 11.8. The number of aromatic amines is 1. The van der Waals surface area contributed by atoms with Gasteiger partial charge in [0, 0.05) is 23.6 Å². The average Bonchev–Trinajstić information content (AvgIpc) is 3.15. The summed E-state index contributed by atoms with van der Waals surface area (Å²) in [6, 6.07) is 5.03. The van der Waals surface area contributed by atoms with E-state index in [0.717, 1.165) is 23.7 Å². The van der Waals surface area contributed by atoms with Crippen LogP contribution in [0.15, 0.2) is 37.4 Å². The Balaban J connectivity index is 1.78. The predicted octanol–water partition coefficient (Wildman–Crippen LogP) is 4.48. The van der Waals surface area contributed by atoms with E-state index in [1.807, 2.05) is 0 Å². The number of phenolic OH excluding ortho intramolecular Hbond substituents is 1. The van der Waals surface area contributed by atoms with E-state index < -0.39 is 11.2 Å². The zero-order valence-corrected chi connectivity index (χ0v) is 20.7. The van der Waals surface area contributed by atoms with E-state index in [0.29, 0.717) is 29.2 Å². The van der Waals surface area contributed by atoms with E-state index in [-0.39, 0.29) is 5.75 Å². The third-order valence-electron chi connectivity index (χ3n) is 5.60. The van der Waals surface area contributed by atoms with Crippen LogP contribution in [-0.4, -0.2) is 30.4 Å². The molecule has 0 bridgehead atoms. The van der Waals surface area contributed by atoms with Crippen LogP contribution in [0.25, 0.3) is 11.2 Å². The first-order valence-corrected chi connectivity index (χ1v) is 12.2. The normalized spacial score (nSPS) is 11.6. The first-order chi connectivity index (χ1) is 15.9. The predicted molar refractivity (Wildman–Crippen MR) is 135 cm³/mol. The minimum absolute atomic E-state index is 0.0926. The molecule has 3 N–H and O–H groups in total. The van der Waals surface area contributed by atoms with Gasteiger partial charge in [0.05, 0.1) is 6.21 Å². The molecular weight excluding hydrogens is 488 g/mol. The SMILES string of the molecule is CCCCCCCCCCn1c(N/N=C\c2cc(Br)ccc2O)nc2c1c(=O)[nH]c(=O)n2C. The Morgan fingerprint density at radius 3 is 2.58 bits per heavy atom. The molecule has 9 nitrogen and oxygen atoms in total. The van der Waals surface area contributed by atoms with Gasteiger partial charge in [-0.1, -0.05) is 67.8 Å². The summed E-state index contributed by atoms with van der Waals surface area (Å²) in [6.45, 7) is 2.79. The van der Waals surface area contributed by atoms with Crippen molar-refractivity contribution in [2.24, 2.45) is 12.1 Å². The van der Waals surface area contributed by atoms with E-state index in [4.69, 9.17) is 0 Å². The number of hydrogen-bond acceptors (Lipinski definition) is 6. The molecule has 0 saturated carbocycles. The second-order valence-electron chi connectivity index (χ2n) is 8.13. The van der Waals surface area contributed by atoms with E-state index in [9.17, 15) is 14.7 Å². The zero-order chi connectivity index (χ0) is 23.8. The smallest absolute Gasteiger partial charge is 0.329 e. The Morgan fingerprint density at radius 2 is 1.85 bits per heavy atom. The standard InChI is InChI=1S/C23H31BrN6O3/c1-3-4-5-6-7-8-9-10-13-30-19-20(29(2)23(33)27-21(19)32)26-22(30)28-25-15-16-14-17(24)11-12-18(16)31/h11-12,14-15,31H,3-10,13H2,1-2H3,(H,26,28)(H,27,32,33)/b25-15-. The molecule has 0 aliphatic carbocycles. The number of aromatic hydroxyl groups is 1. The van der Waals surface area contributed by atoms with Crippen molar-refractivity contribution in [3.05, 3.63) is 49.1 Å². The maximum absolute atomic E-state index is 12.6. The molecule has 0 fully saturated rings. The summed E-state index contributed by atoms with van der Waals surface area (Å²) >= 11 is 3.37. The highest BCUT2D eigenvalue weighted by molar-refractivity contribution is 9.10. The Kier molecular flexibility index (Phi) is 8.87. The molecule has 10 heteroatoms. The Hall–Kier alpha value is -2.88. The van der Waals surface area contributed by atoms with Gasteiger partial charge in [-0.15, -0.1) is 0 Å². The second-order valence-corrected chi connectivity index (χ2v) is 9.04. The van der Waals surface area contributed by atoms with E-state index >= 15 is 0 Å². The van der Waals surface area contributed by atoms with Gasteiger partial charge in [0.25, 0.3) is 5.56 Å². The number of anilines is 1. The summed E-state index contributed by atoms with van der Waals surface area (Å²) in [5.74, 6) is 0.459. The monoisotopic (exact) mass is 518 g/mol. The summed E-state index contributed by atoms with van der Waals surface area (Å²) in [6.07, 6.45) is 10.8. The van der Waals surface area contributed by atoms with E-state index in [1.165, 1.54) is 42.9 Å². The number of nitrogens with zero attached hydrogens (tertiary/aromatic N) is 4. The molecule has 0 radical (unpaired) electrons. The molecule has 1 aromatic carbocycles. The van der Waals surface area contributed by atoms with Crippen LogP contribution in [0.2, 0.25) is 0 Å². The molecule has 0 amide bonds. The molecule has 0 aliphatic heterocycles. The fraction of sp³-hybridized carbons (Fsp3) is 0.478. The molecular formula is C23H31BrN6O3. The lowest BCUT2D eigenvalue weighted by molar-refractivity contribution is 0.474. The van der Waals surface area contributed by atoms with Crippen LogP contribution >= 0.6 is 15.9 Å². The molecule has 2 heterocycles. The van der Waals surface area contributed by atoms with Crippen molar-refractivity contribution in [3.8, 4) is 5.75 Å². The van der Waals surface area contributed by atoms with Crippen molar-refractivity contribution in [1.29, 1.82) is 0 Å². The molecule has 2 aromatic heterocycles. The third-order valence-corrected chi connectivity index (χ3v) is 6.09. The van der Waals surface area contributed by atoms with Crippen molar-refractivity contribution >= 4 is 39.3 Å². The molecule has 0 aliphatic rings. The number of aromatic nitrogens is 4. The van der Waals surface area contributed by atoms with Crippen LogP contribution < -0.4 is 16.7 Å². The van der Waals surface area contributed by atoms with Crippen LogP contribution in [-0.2, 0) is 13.6 Å². The van der Waals surface area contributed by atoms with Crippen molar-refractivity contribution in [2.45, 2.75) is 64.8 Å². The lowest BCUT2D eigenvalue weighted by atomic mass is 10.1. The van der Waals surface area contributed by atoms with Gasteiger partial charge in [-0.05, 0) is 24.6 Å². The van der Waals surface area contributed by atoms with Gasteiger partial charge in [-0.3, -0.25) is 14.3 Å². The topological polar surface area (TPSA) is 117 Å². The molecule has 0 saturated heterocycles. The highest BCUT2D eigenvalue weighted by atomic mass is 79.9. The largest absolute Gasteiger partial charge is 0.507 e. The van der Waals surface area contributed by atoms with Gasteiger partial charge in [-0.25, -0.2) is 10.2 Å². The first kappa shape index (κ1) is 24.8. The average molecular weight is 519 g/mol. The van der Waals surface area contributed by atoms with Gasteiger partial charge >= 0.3 is 5.69 Å². The molecule has 33 heavy (non-hydrogen) atoms. The number of hydrogen-bond donors (Lipinski definition) is 3. The third kappa shape index (κ3) is 6.34. The van der Waals surface area contributed by atoms with Crippen LogP contribution in [0, 0.1) is 0 Å². The van der Waals surface area contributed by atoms with Crippen molar-refractivity contribution in [1.82, 2.24) is 19.1 Å². The summed E-state index contributed by atoms with van der Waals surface area (Å²) < 4.78 is 3.89. The number of phenols is 1. The number of benzene rings is 1. The molecule has 3 rings (SSSR count). The minimum Gasteiger partial charge on any atom is -0.507 e. The summed E-state index contributed by atoms with van der Waals surface area (Å²) in [5, 5.41) is 14.2. The van der Waals surface area contributed by atoms with Crippen molar-refractivity contribution in [2.75, 3.05) is 5.43 Å². The number of rotatable bonds is 12. The Bertz CT molecular complexity index is 1230. The number of halogens is 1. The van der Waals surface area contributed by atoms with Crippen molar-refractivity contribution in [3.63, 3.8) is 0 Å². The number of aryl methyl sites for hydroxylation is 2. The van der Waals surface area contributed by atoms with Crippen LogP contribution in [0.3, 0.4) is 0 Å².